The number of methoxy groups -OCH3 is 3. The highest BCUT2D eigenvalue weighted by Gasteiger charge is 2.20. The number of nitrogens with one attached hydrogen (secondary N) is 2. The molecule has 0 unspecified atom stereocenters. The van der Waals surface area contributed by atoms with E-state index in [9.17, 15) is 0 Å². The normalized spacial score (nSPS) is 14.8. The topological polar surface area (TPSA) is 67.4 Å². The predicted octanol–water partition coefficient (Wildman–Crippen LogP) is 3.70. The molecule has 1 aliphatic heterocycles. The highest BCUT2D eigenvalue weighted by Crippen LogP contribution is 2.34. The molecule has 2 aromatic carbocycles. The lowest BCUT2D eigenvalue weighted by Crippen LogP contribution is -2.48. The molecule has 1 fully saturated rings. The number of piperidine rings is 1. The lowest BCUT2D eigenvalue weighted by atomic mass is 10.0. The maximum absolute atomic E-state index is 5.55. The molecule has 0 saturated carbocycles. The van der Waals surface area contributed by atoms with E-state index in [1.54, 1.807) is 21.3 Å². The summed E-state index contributed by atoms with van der Waals surface area (Å²) in [5, 5.41) is 7.01. The van der Waals surface area contributed by atoms with Gasteiger partial charge >= 0.3 is 0 Å². The van der Waals surface area contributed by atoms with E-state index in [2.05, 4.69) is 50.9 Å². The average molecular weight is 569 g/mol. The maximum Gasteiger partial charge on any atom is 0.191 e. The monoisotopic (exact) mass is 568 g/mol. The number of hydrogen-bond acceptors (Lipinski definition) is 5. The molecule has 1 saturated heterocycles. The summed E-state index contributed by atoms with van der Waals surface area (Å²) in [7, 11) is 6.78. The van der Waals surface area contributed by atoms with Gasteiger partial charge in [0.2, 0.25) is 0 Å². The number of rotatable bonds is 9. The molecule has 0 bridgehead atoms. The first-order valence-electron chi connectivity index (χ1n) is 11.2. The quantitative estimate of drug-likeness (QED) is 0.273. The second kappa shape index (κ2) is 14.1. The molecule has 7 nitrogen and oxygen atoms in total. The van der Waals surface area contributed by atoms with Crippen molar-refractivity contribution in [3.8, 4) is 17.2 Å². The highest BCUT2D eigenvalue weighted by atomic mass is 127. The number of benzene rings is 2. The predicted molar refractivity (Wildman–Crippen MR) is 144 cm³/mol. The molecule has 0 aliphatic carbocycles. The molecule has 1 heterocycles. The zero-order chi connectivity index (χ0) is 22.8. The number of likely N-dealkylation sites (tertiary alicyclic amines) is 1. The number of hydrogen-bond donors (Lipinski definition) is 2. The third kappa shape index (κ3) is 7.96. The zero-order valence-corrected chi connectivity index (χ0v) is 22.4. The van der Waals surface area contributed by atoms with Gasteiger partial charge in [-0.25, -0.2) is 0 Å². The summed E-state index contributed by atoms with van der Waals surface area (Å²) in [6.45, 7) is 3.91. The van der Waals surface area contributed by atoms with Crippen molar-refractivity contribution in [1.82, 2.24) is 15.5 Å². The minimum absolute atomic E-state index is 0. The molecular weight excluding hydrogens is 531 g/mol. The van der Waals surface area contributed by atoms with Gasteiger partial charge in [0, 0.05) is 57.0 Å². The van der Waals surface area contributed by atoms with Crippen LogP contribution in [-0.2, 0) is 13.0 Å². The molecule has 182 valence electrons. The fraction of sp³-hybridized carbons (Fsp3) is 0.480. The van der Waals surface area contributed by atoms with Crippen LogP contribution in [0.25, 0.3) is 0 Å². The minimum atomic E-state index is 0. The Bertz CT molecular complexity index is 846. The number of aliphatic imine (C=N–C) groups is 1. The molecule has 0 atom stereocenters. The summed E-state index contributed by atoms with van der Waals surface area (Å²) in [4.78, 5) is 6.93. The van der Waals surface area contributed by atoms with Gasteiger partial charge < -0.3 is 24.8 Å². The summed E-state index contributed by atoms with van der Waals surface area (Å²) in [6, 6.07) is 14.9. The van der Waals surface area contributed by atoms with Crippen LogP contribution in [0, 0.1) is 0 Å². The van der Waals surface area contributed by atoms with E-state index in [0.717, 1.165) is 61.9 Å². The molecular formula is C25H37IN4O3. The second-order valence-corrected chi connectivity index (χ2v) is 7.94. The summed E-state index contributed by atoms with van der Waals surface area (Å²) >= 11 is 0. The van der Waals surface area contributed by atoms with Crippen molar-refractivity contribution in [3.63, 3.8) is 0 Å². The molecule has 3 rings (SSSR count). The van der Waals surface area contributed by atoms with Gasteiger partial charge in [0.05, 0.1) is 21.3 Å². The van der Waals surface area contributed by atoms with Crippen LogP contribution in [0.4, 0.5) is 0 Å². The van der Waals surface area contributed by atoms with Crippen molar-refractivity contribution in [1.29, 1.82) is 0 Å². The Labute approximate surface area is 214 Å². The van der Waals surface area contributed by atoms with Crippen LogP contribution in [0.2, 0.25) is 0 Å². The van der Waals surface area contributed by atoms with Gasteiger partial charge in [0.15, 0.2) is 5.96 Å². The smallest absolute Gasteiger partial charge is 0.191 e. The minimum Gasteiger partial charge on any atom is -0.496 e. The van der Waals surface area contributed by atoms with E-state index >= 15 is 0 Å². The van der Waals surface area contributed by atoms with Gasteiger partial charge in [0.1, 0.15) is 17.2 Å². The lowest BCUT2D eigenvalue weighted by molar-refractivity contribution is 0.198. The standard InChI is InChI=1S/C25H36N4O3.HI/c1-26-25(27-13-10-22-23(31-3)16-21(30-2)17-24(22)32-4)28-20-11-14-29(15-12-20)18-19-8-6-5-7-9-19;/h5-9,16-17,20H,10-15,18H2,1-4H3,(H2,26,27,28);1H. The summed E-state index contributed by atoms with van der Waals surface area (Å²) in [5.41, 5.74) is 2.38. The van der Waals surface area contributed by atoms with E-state index in [4.69, 9.17) is 14.2 Å². The molecule has 0 radical (unpaired) electrons. The SMILES string of the molecule is CN=C(NCCc1c(OC)cc(OC)cc1OC)NC1CCN(Cc2ccccc2)CC1.I. The number of guanidine groups is 1. The Balaban J connectivity index is 0.00000385. The van der Waals surface area contributed by atoms with E-state index in [-0.39, 0.29) is 24.0 Å². The van der Waals surface area contributed by atoms with Crippen molar-refractivity contribution in [2.24, 2.45) is 4.99 Å². The highest BCUT2D eigenvalue weighted by molar-refractivity contribution is 14.0. The fourth-order valence-corrected chi connectivity index (χ4v) is 4.10. The van der Waals surface area contributed by atoms with Gasteiger partial charge in [0.25, 0.3) is 0 Å². The molecule has 0 amide bonds. The van der Waals surface area contributed by atoms with Crippen LogP contribution in [-0.4, -0.2) is 64.9 Å². The Morgan fingerprint density at radius 3 is 2.18 bits per heavy atom. The largest absolute Gasteiger partial charge is 0.496 e. The first-order valence-corrected chi connectivity index (χ1v) is 11.2. The molecule has 8 heteroatoms. The molecule has 33 heavy (non-hydrogen) atoms. The molecule has 2 aromatic rings. The van der Waals surface area contributed by atoms with E-state index in [0.29, 0.717) is 18.3 Å². The van der Waals surface area contributed by atoms with Crippen molar-refractivity contribution < 1.29 is 14.2 Å². The van der Waals surface area contributed by atoms with Crippen molar-refractivity contribution in [3.05, 3.63) is 53.6 Å². The van der Waals surface area contributed by atoms with Crippen LogP contribution in [0.15, 0.2) is 47.5 Å². The maximum atomic E-state index is 5.55. The molecule has 1 aliphatic rings. The van der Waals surface area contributed by atoms with Gasteiger partial charge in [-0.2, -0.15) is 0 Å². The van der Waals surface area contributed by atoms with Crippen LogP contribution in [0.1, 0.15) is 24.0 Å². The van der Waals surface area contributed by atoms with Crippen LogP contribution in [0.5, 0.6) is 17.2 Å². The van der Waals surface area contributed by atoms with Crippen LogP contribution in [0.3, 0.4) is 0 Å². The Morgan fingerprint density at radius 2 is 1.64 bits per heavy atom. The fourth-order valence-electron chi connectivity index (χ4n) is 4.10. The Kier molecular flexibility index (Phi) is 11.6. The third-order valence-corrected chi connectivity index (χ3v) is 5.89. The van der Waals surface area contributed by atoms with Crippen LogP contribution >= 0.6 is 24.0 Å². The second-order valence-electron chi connectivity index (χ2n) is 7.94. The molecule has 0 aromatic heterocycles. The van der Waals surface area contributed by atoms with E-state index in [1.165, 1.54) is 5.56 Å². The number of nitrogens with zero attached hydrogens (tertiary/aromatic N) is 2. The first kappa shape index (κ1) is 27.0. The Hall–Kier alpha value is -2.20. The van der Waals surface area contributed by atoms with E-state index < -0.39 is 0 Å². The van der Waals surface area contributed by atoms with Crippen molar-refractivity contribution >= 4 is 29.9 Å². The van der Waals surface area contributed by atoms with Gasteiger partial charge in [-0.1, -0.05) is 30.3 Å². The summed E-state index contributed by atoms with van der Waals surface area (Å²) in [5.74, 6) is 3.07. The number of halogens is 1. The summed E-state index contributed by atoms with van der Waals surface area (Å²) in [6.07, 6.45) is 2.95. The van der Waals surface area contributed by atoms with Gasteiger partial charge in [-0.3, -0.25) is 9.89 Å². The number of ether oxygens (including phenoxy) is 3. The Morgan fingerprint density at radius 1 is 1.00 bits per heavy atom. The summed E-state index contributed by atoms with van der Waals surface area (Å²) < 4.78 is 16.4. The molecule has 2 N–H and O–H groups in total. The van der Waals surface area contributed by atoms with Crippen LogP contribution < -0.4 is 24.8 Å². The first-order chi connectivity index (χ1) is 15.7. The average Bonchev–Trinajstić information content (AvgIpc) is 2.84. The third-order valence-electron chi connectivity index (χ3n) is 5.89. The lowest BCUT2D eigenvalue weighted by Gasteiger charge is -2.33. The van der Waals surface area contributed by atoms with Gasteiger partial charge in [-0.15, -0.1) is 24.0 Å². The molecule has 0 spiro atoms. The zero-order valence-electron chi connectivity index (χ0n) is 20.1. The van der Waals surface area contributed by atoms with Crippen molar-refractivity contribution in [2.75, 3.05) is 48.0 Å². The van der Waals surface area contributed by atoms with E-state index in [1.807, 2.05) is 19.2 Å². The van der Waals surface area contributed by atoms with Gasteiger partial charge in [-0.05, 0) is 24.8 Å². The van der Waals surface area contributed by atoms with Crippen molar-refractivity contribution in [2.45, 2.75) is 31.8 Å².